The first kappa shape index (κ1) is 24.3. The van der Waals surface area contributed by atoms with Crippen molar-refractivity contribution in [3.05, 3.63) is 47.0 Å². The molecule has 0 radical (unpaired) electrons. The molecular weight excluding hydrogens is 456 g/mol. The first-order valence-electron chi connectivity index (χ1n) is 11.5. The molecule has 3 N–H and O–H groups in total. The molecular formula is C25H31ClN4O4. The van der Waals surface area contributed by atoms with Crippen LogP contribution >= 0.6 is 11.6 Å². The topological polar surface area (TPSA) is 97.1 Å². The molecule has 1 aliphatic heterocycles. The van der Waals surface area contributed by atoms with Gasteiger partial charge in [0.05, 0.1) is 29.5 Å². The van der Waals surface area contributed by atoms with E-state index in [1.54, 1.807) is 28.0 Å². The summed E-state index contributed by atoms with van der Waals surface area (Å²) in [6, 6.07) is 11.0. The lowest BCUT2D eigenvalue weighted by molar-refractivity contribution is -0.117. The number of amides is 2. The summed E-state index contributed by atoms with van der Waals surface area (Å²) in [4.78, 5) is 29.1. The van der Waals surface area contributed by atoms with E-state index in [4.69, 9.17) is 26.8 Å². The number of methoxy groups -OCH3 is 1. The van der Waals surface area contributed by atoms with Crippen LogP contribution in [-0.2, 0) is 4.79 Å². The Balaban J connectivity index is 1.67. The van der Waals surface area contributed by atoms with Crippen molar-refractivity contribution >= 4 is 35.0 Å². The maximum absolute atomic E-state index is 13.3. The molecule has 1 saturated carbocycles. The highest BCUT2D eigenvalue weighted by Crippen LogP contribution is 2.39. The first-order valence-corrected chi connectivity index (χ1v) is 11.9. The lowest BCUT2D eigenvalue weighted by Gasteiger charge is -2.40. The zero-order chi connectivity index (χ0) is 24.4. The van der Waals surface area contributed by atoms with E-state index in [0.717, 1.165) is 12.1 Å². The molecule has 2 atom stereocenters. The fourth-order valence-electron chi connectivity index (χ4n) is 4.32. The van der Waals surface area contributed by atoms with Crippen LogP contribution in [0.2, 0.25) is 5.02 Å². The Bertz CT molecular complexity index is 1070. The van der Waals surface area contributed by atoms with Gasteiger partial charge in [-0.1, -0.05) is 17.7 Å². The van der Waals surface area contributed by atoms with Crippen molar-refractivity contribution in [2.24, 2.45) is 5.73 Å². The number of hydrogen-bond acceptors (Lipinski definition) is 6. The second-order valence-electron chi connectivity index (χ2n) is 8.88. The van der Waals surface area contributed by atoms with E-state index in [2.05, 4.69) is 5.32 Å². The summed E-state index contributed by atoms with van der Waals surface area (Å²) in [6.07, 6.45) is 1.81. The summed E-state index contributed by atoms with van der Waals surface area (Å²) < 4.78 is 10.9. The summed E-state index contributed by atoms with van der Waals surface area (Å²) in [5.41, 5.74) is 8.37. The average Bonchev–Trinajstić information content (AvgIpc) is 3.64. The largest absolute Gasteiger partial charge is 0.497 e. The summed E-state index contributed by atoms with van der Waals surface area (Å²) >= 11 is 6.26. The molecule has 34 heavy (non-hydrogen) atoms. The number of halogens is 1. The van der Waals surface area contributed by atoms with Crippen molar-refractivity contribution in [2.45, 2.75) is 44.7 Å². The molecule has 182 valence electrons. The second-order valence-corrected chi connectivity index (χ2v) is 9.28. The molecule has 1 unspecified atom stereocenters. The Morgan fingerprint density at radius 1 is 1.21 bits per heavy atom. The van der Waals surface area contributed by atoms with Gasteiger partial charge in [0.15, 0.2) is 5.75 Å². The van der Waals surface area contributed by atoms with Gasteiger partial charge in [0.25, 0.3) is 0 Å². The number of ether oxygens (including phenoxy) is 2. The van der Waals surface area contributed by atoms with Crippen molar-refractivity contribution < 1.29 is 19.1 Å². The molecule has 0 bridgehead atoms. The molecule has 9 heteroatoms. The van der Waals surface area contributed by atoms with Gasteiger partial charge in [-0.2, -0.15) is 0 Å². The van der Waals surface area contributed by atoms with Gasteiger partial charge in [-0.25, -0.2) is 4.79 Å². The van der Waals surface area contributed by atoms with Gasteiger partial charge in [0.2, 0.25) is 5.91 Å². The van der Waals surface area contributed by atoms with Gasteiger partial charge in [-0.15, -0.1) is 0 Å². The summed E-state index contributed by atoms with van der Waals surface area (Å²) in [7, 11) is 1.53. The third kappa shape index (κ3) is 5.14. The number of nitrogens with one attached hydrogen (secondary N) is 1. The van der Waals surface area contributed by atoms with E-state index in [1.807, 2.05) is 25.1 Å². The van der Waals surface area contributed by atoms with Gasteiger partial charge in [-0.3, -0.25) is 9.69 Å². The fourth-order valence-corrected chi connectivity index (χ4v) is 4.48. The average molecular weight is 487 g/mol. The van der Waals surface area contributed by atoms with Crippen LogP contribution in [-0.4, -0.2) is 50.8 Å². The molecule has 2 aromatic carbocycles. The van der Waals surface area contributed by atoms with Gasteiger partial charge >= 0.3 is 6.09 Å². The fraction of sp³-hybridized carbons (Fsp3) is 0.440. The van der Waals surface area contributed by atoms with Gasteiger partial charge < -0.3 is 25.4 Å². The van der Waals surface area contributed by atoms with Gasteiger partial charge in [0.1, 0.15) is 5.75 Å². The zero-order valence-electron chi connectivity index (χ0n) is 19.7. The first-order chi connectivity index (χ1) is 16.3. The highest BCUT2D eigenvalue weighted by atomic mass is 35.5. The van der Waals surface area contributed by atoms with Crippen LogP contribution in [0.3, 0.4) is 0 Å². The lowest BCUT2D eigenvalue weighted by Crippen LogP contribution is -2.52. The highest BCUT2D eigenvalue weighted by Gasteiger charge is 2.35. The van der Waals surface area contributed by atoms with Crippen LogP contribution in [0, 0.1) is 0 Å². The van der Waals surface area contributed by atoms with E-state index in [1.165, 1.54) is 26.9 Å². The number of rotatable bonds is 7. The molecule has 0 saturated heterocycles. The van der Waals surface area contributed by atoms with Crippen LogP contribution in [0.5, 0.6) is 11.5 Å². The predicted octanol–water partition coefficient (Wildman–Crippen LogP) is 3.90. The van der Waals surface area contributed by atoms with E-state index in [0.29, 0.717) is 34.7 Å². The molecule has 1 aliphatic carbocycles. The minimum Gasteiger partial charge on any atom is -0.497 e. The molecule has 0 aromatic heterocycles. The molecule has 2 amide bonds. The van der Waals surface area contributed by atoms with Crippen LogP contribution in [0.4, 0.5) is 16.2 Å². The van der Waals surface area contributed by atoms with Crippen LogP contribution in [0.25, 0.3) is 0 Å². The molecule has 1 fully saturated rings. The van der Waals surface area contributed by atoms with Crippen molar-refractivity contribution in [1.82, 2.24) is 5.32 Å². The van der Waals surface area contributed by atoms with Gasteiger partial charge in [0, 0.05) is 44.6 Å². The third-order valence-corrected chi connectivity index (χ3v) is 6.63. The third-order valence-electron chi connectivity index (χ3n) is 6.32. The van der Waals surface area contributed by atoms with Crippen molar-refractivity contribution in [3.63, 3.8) is 0 Å². The predicted molar refractivity (Wildman–Crippen MR) is 133 cm³/mol. The molecule has 8 nitrogen and oxygen atoms in total. The van der Waals surface area contributed by atoms with Gasteiger partial charge in [-0.05, 0) is 49.6 Å². The standard InChI is InChI=1S/C25H31ClN4O4/c1-15-14-29(25(32)34-24-11-20(33-3)7-8-21(24)26)23-10-17(4-9-22(23)30(15)16(2)31)18(12-27)13-28-19-5-6-19/h4,7-11,15,18-19,28H,5-6,12-14,27H2,1-3H3/t15-,18?/m0/s1. The monoisotopic (exact) mass is 486 g/mol. The van der Waals surface area contributed by atoms with E-state index >= 15 is 0 Å². The highest BCUT2D eigenvalue weighted by molar-refractivity contribution is 6.32. The molecule has 0 spiro atoms. The summed E-state index contributed by atoms with van der Waals surface area (Å²) in [6.45, 7) is 4.94. The van der Waals surface area contributed by atoms with E-state index in [-0.39, 0.29) is 30.2 Å². The number of nitrogens with two attached hydrogens (primary N) is 1. The van der Waals surface area contributed by atoms with Crippen LogP contribution in [0.1, 0.15) is 38.2 Å². The molecule has 4 rings (SSSR count). The van der Waals surface area contributed by atoms with Crippen LogP contribution in [0.15, 0.2) is 36.4 Å². The second kappa shape index (κ2) is 10.2. The van der Waals surface area contributed by atoms with Crippen molar-refractivity contribution in [2.75, 3.05) is 36.5 Å². The SMILES string of the molecule is COc1ccc(Cl)c(OC(=O)N2C[C@H](C)N(C(C)=O)c3ccc(C(CN)CNC4CC4)cc32)c1. The maximum atomic E-state index is 13.3. The number of anilines is 2. The quantitative estimate of drug-likeness (QED) is 0.616. The summed E-state index contributed by atoms with van der Waals surface area (Å²) in [5, 5.41) is 3.83. The number of benzene rings is 2. The smallest absolute Gasteiger partial charge is 0.419 e. The zero-order valence-corrected chi connectivity index (χ0v) is 20.5. The summed E-state index contributed by atoms with van der Waals surface area (Å²) in [5.74, 6) is 0.732. The molecule has 1 heterocycles. The Kier molecular flexibility index (Phi) is 7.30. The minimum absolute atomic E-state index is 0.0849. The Labute approximate surface area is 204 Å². The van der Waals surface area contributed by atoms with E-state index < -0.39 is 6.09 Å². The molecule has 2 aromatic rings. The number of nitrogens with zero attached hydrogens (tertiary/aromatic N) is 2. The number of carbonyl (C=O) groups excluding carboxylic acids is 2. The van der Waals surface area contributed by atoms with E-state index in [9.17, 15) is 9.59 Å². The number of carbonyl (C=O) groups is 2. The van der Waals surface area contributed by atoms with Crippen molar-refractivity contribution in [3.8, 4) is 11.5 Å². The van der Waals surface area contributed by atoms with Crippen molar-refractivity contribution in [1.29, 1.82) is 0 Å². The Hall–Kier alpha value is -2.81. The number of fused-ring (bicyclic) bond motifs is 1. The van der Waals surface area contributed by atoms with Crippen LogP contribution < -0.4 is 30.3 Å². The Morgan fingerprint density at radius 2 is 1.97 bits per heavy atom. The number of hydrogen-bond donors (Lipinski definition) is 2. The molecule has 2 aliphatic rings. The lowest BCUT2D eigenvalue weighted by atomic mass is 9.96. The maximum Gasteiger partial charge on any atom is 0.419 e. The Morgan fingerprint density at radius 3 is 2.62 bits per heavy atom. The normalized spacial score (nSPS) is 18.3. The minimum atomic E-state index is -0.580.